The monoisotopic (exact) mass is 412 g/mol. The molecular formula is C21H20N2O7. The summed E-state index contributed by atoms with van der Waals surface area (Å²) in [4.78, 5) is 49.0. The minimum absolute atomic E-state index is 0.0185. The van der Waals surface area contributed by atoms with Crippen LogP contribution in [-0.4, -0.2) is 56.0 Å². The lowest BCUT2D eigenvalue weighted by Gasteiger charge is -2.12. The summed E-state index contributed by atoms with van der Waals surface area (Å²) in [7, 11) is 2.91. The number of rotatable bonds is 8. The van der Waals surface area contributed by atoms with Crippen LogP contribution in [0.4, 0.5) is 4.79 Å². The number of carbonyl (C=O) groups is 4. The Hall–Kier alpha value is -3.88. The maximum atomic E-state index is 12.4. The number of ether oxygens (including phenoxy) is 3. The van der Waals surface area contributed by atoms with Crippen molar-refractivity contribution in [3.63, 3.8) is 0 Å². The first-order chi connectivity index (χ1) is 14.4. The van der Waals surface area contributed by atoms with E-state index in [1.54, 1.807) is 24.3 Å². The molecular weight excluding hydrogens is 392 g/mol. The zero-order chi connectivity index (χ0) is 21.7. The Kier molecular flexibility index (Phi) is 6.31. The number of nitrogens with one attached hydrogen (secondary N) is 1. The number of methoxy groups -OCH3 is 2. The topological polar surface area (TPSA) is 111 Å². The highest BCUT2D eigenvalue weighted by Crippen LogP contribution is 2.24. The molecule has 1 heterocycles. The Balaban J connectivity index is 1.60. The van der Waals surface area contributed by atoms with Crippen LogP contribution in [0, 0.1) is 0 Å². The van der Waals surface area contributed by atoms with Crippen LogP contribution in [0.3, 0.4) is 0 Å². The van der Waals surface area contributed by atoms with Gasteiger partial charge in [0.1, 0.15) is 11.5 Å². The molecule has 0 radical (unpaired) electrons. The number of esters is 1. The molecule has 1 aliphatic heterocycles. The molecule has 0 unspecified atom stereocenters. The van der Waals surface area contributed by atoms with Crippen molar-refractivity contribution in [3.05, 3.63) is 59.2 Å². The lowest BCUT2D eigenvalue weighted by Crippen LogP contribution is -2.30. The average molecular weight is 412 g/mol. The minimum atomic E-state index is -0.674. The van der Waals surface area contributed by atoms with Crippen LogP contribution < -0.4 is 14.8 Å². The van der Waals surface area contributed by atoms with Crippen molar-refractivity contribution in [2.45, 2.75) is 6.54 Å². The quantitative estimate of drug-likeness (QED) is 0.400. The van der Waals surface area contributed by atoms with Gasteiger partial charge in [-0.1, -0.05) is 12.1 Å². The number of hydrogen-bond donors (Lipinski definition) is 1. The standard InChI is InChI=1S/C21H20N2O7/c1-28-15-7-8-18(29-2)16(9-15)17(24)12-30-20(26)14-5-3-13(4-6-14)11-23-19(25)10-22-21(23)27/h3-9H,10-12H2,1-2H3,(H,22,27). The van der Waals surface area contributed by atoms with E-state index >= 15 is 0 Å². The van der Waals surface area contributed by atoms with Gasteiger partial charge in [-0.15, -0.1) is 0 Å². The van der Waals surface area contributed by atoms with Gasteiger partial charge in [-0.2, -0.15) is 0 Å². The summed E-state index contributed by atoms with van der Waals surface area (Å²) in [6.45, 7) is -0.379. The van der Waals surface area contributed by atoms with Crippen molar-refractivity contribution in [1.82, 2.24) is 10.2 Å². The van der Waals surface area contributed by atoms with E-state index in [1.807, 2.05) is 0 Å². The lowest BCUT2D eigenvalue weighted by molar-refractivity contribution is -0.125. The summed E-state index contributed by atoms with van der Waals surface area (Å²) in [6, 6.07) is 10.6. The molecule has 0 bridgehead atoms. The number of hydrogen-bond acceptors (Lipinski definition) is 7. The minimum Gasteiger partial charge on any atom is -0.497 e. The van der Waals surface area contributed by atoms with E-state index in [0.717, 1.165) is 4.90 Å². The normalized spacial score (nSPS) is 13.1. The Labute approximate surface area is 172 Å². The molecule has 30 heavy (non-hydrogen) atoms. The second-order valence-corrected chi connectivity index (χ2v) is 6.40. The molecule has 1 saturated heterocycles. The highest BCUT2D eigenvalue weighted by molar-refractivity contribution is 6.02. The van der Waals surface area contributed by atoms with Crippen molar-refractivity contribution in [2.75, 3.05) is 27.4 Å². The first-order valence-corrected chi connectivity index (χ1v) is 9.02. The third-order valence-corrected chi connectivity index (χ3v) is 4.51. The van der Waals surface area contributed by atoms with Crippen molar-refractivity contribution in [1.29, 1.82) is 0 Å². The number of Topliss-reactive ketones (excluding diaryl/α,β-unsaturated/α-hetero) is 1. The molecule has 3 rings (SSSR count). The molecule has 9 heteroatoms. The van der Waals surface area contributed by atoms with Crippen molar-refractivity contribution in [3.8, 4) is 11.5 Å². The zero-order valence-electron chi connectivity index (χ0n) is 16.5. The molecule has 1 fully saturated rings. The van der Waals surface area contributed by atoms with Crippen LogP contribution in [0.15, 0.2) is 42.5 Å². The predicted octanol–water partition coefficient (Wildman–Crippen LogP) is 1.80. The second kappa shape index (κ2) is 9.08. The number of amides is 3. The van der Waals surface area contributed by atoms with E-state index in [1.165, 1.54) is 32.4 Å². The molecule has 0 atom stereocenters. The molecule has 3 amide bonds. The van der Waals surface area contributed by atoms with E-state index in [9.17, 15) is 19.2 Å². The van der Waals surface area contributed by atoms with Gasteiger partial charge in [0, 0.05) is 0 Å². The largest absolute Gasteiger partial charge is 0.497 e. The summed E-state index contributed by atoms with van der Waals surface area (Å²) in [5.74, 6) is -0.594. The second-order valence-electron chi connectivity index (χ2n) is 6.40. The van der Waals surface area contributed by atoms with Crippen LogP contribution in [0.5, 0.6) is 11.5 Å². The fourth-order valence-corrected chi connectivity index (χ4v) is 2.87. The number of carbonyl (C=O) groups excluding carboxylic acids is 4. The maximum absolute atomic E-state index is 12.4. The summed E-state index contributed by atoms with van der Waals surface area (Å²) >= 11 is 0. The first kappa shape index (κ1) is 20.8. The van der Waals surface area contributed by atoms with Gasteiger partial charge in [-0.25, -0.2) is 9.59 Å². The number of urea groups is 1. The number of ketones is 1. The molecule has 156 valence electrons. The van der Waals surface area contributed by atoms with Gasteiger partial charge in [-0.3, -0.25) is 14.5 Å². The Bertz CT molecular complexity index is 969. The molecule has 0 aliphatic carbocycles. The van der Waals surface area contributed by atoms with Crippen molar-refractivity contribution in [2.24, 2.45) is 0 Å². The summed E-state index contributed by atoms with van der Waals surface area (Å²) in [5.41, 5.74) is 1.16. The smallest absolute Gasteiger partial charge is 0.338 e. The Morgan fingerprint density at radius 3 is 2.37 bits per heavy atom. The zero-order valence-corrected chi connectivity index (χ0v) is 16.5. The maximum Gasteiger partial charge on any atom is 0.338 e. The summed E-state index contributed by atoms with van der Waals surface area (Å²) in [6.07, 6.45) is 0. The highest BCUT2D eigenvalue weighted by Gasteiger charge is 2.28. The van der Waals surface area contributed by atoms with Crippen molar-refractivity contribution < 1.29 is 33.4 Å². The van der Waals surface area contributed by atoms with Gasteiger partial charge in [-0.05, 0) is 35.9 Å². The van der Waals surface area contributed by atoms with E-state index in [2.05, 4.69) is 5.32 Å². The van der Waals surface area contributed by atoms with Gasteiger partial charge in [0.15, 0.2) is 6.61 Å². The fourth-order valence-electron chi connectivity index (χ4n) is 2.87. The lowest BCUT2D eigenvalue weighted by atomic mass is 10.1. The molecule has 0 spiro atoms. The van der Waals surface area contributed by atoms with Crippen LogP contribution in [0.2, 0.25) is 0 Å². The fraction of sp³-hybridized carbons (Fsp3) is 0.238. The van der Waals surface area contributed by atoms with E-state index in [4.69, 9.17) is 14.2 Å². The predicted molar refractivity (Wildman–Crippen MR) is 105 cm³/mol. The molecule has 0 aromatic heterocycles. The van der Waals surface area contributed by atoms with Crippen LogP contribution in [0.25, 0.3) is 0 Å². The number of benzene rings is 2. The van der Waals surface area contributed by atoms with Gasteiger partial charge < -0.3 is 19.5 Å². The molecule has 1 aliphatic rings. The van der Waals surface area contributed by atoms with Gasteiger partial charge in [0.2, 0.25) is 11.7 Å². The van der Waals surface area contributed by atoms with Crippen LogP contribution in [0.1, 0.15) is 26.3 Å². The van der Waals surface area contributed by atoms with Gasteiger partial charge in [0.25, 0.3) is 0 Å². The van der Waals surface area contributed by atoms with Crippen molar-refractivity contribution >= 4 is 23.7 Å². The molecule has 9 nitrogen and oxygen atoms in total. The summed E-state index contributed by atoms with van der Waals surface area (Å²) in [5, 5.41) is 2.44. The Morgan fingerprint density at radius 1 is 1.03 bits per heavy atom. The van der Waals surface area contributed by atoms with Crippen LogP contribution >= 0.6 is 0 Å². The number of imide groups is 1. The van der Waals surface area contributed by atoms with E-state index < -0.39 is 24.4 Å². The van der Waals surface area contributed by atoms with Gasteiger partial charge >= 0.3 is 12.0 Å². The molecule has 1 N–H and O–H groups in total. The molecule has 0 saturated carbocycles. The highest BCUT2D eigenvalue weighted by atomic mass is 16.5. The average Bonchev–Trinajstić information content (AvgIpc) is 3.09. The molecule has 2 aromatic rings. The number of nitrogens with zero attached hydrogens (tertiary/aromatic N) is 1. The molecule has 2 aromatic carbocycles. The third kappa shape index (κ3) is 4.57. The van der Waals surface area contributed by atoms with Gasteiger partial charge in [0.05, 0.1) is 38.4 Å². The van der Waals surface area contributed by atoms with E-state index in [-0.39, 0.29) is 30.1 Å². The Morgan fingerprint density at radius 2 is 1.77 bits per heavy atom. The van der Waals surface area contributed by atoms with E-state index in [0.29, 0.717) is 17.1 Å². The summed E-state index contributed by atoms with van der Waals surface area (Å²) < 4.78 is 15.4. The van der Waals surface area contributed by atoms with Crippen LogP contribution in [-0.2, 0) is 16.1 Å². The first-order valence-electron chi connectivity index (χ1n) is 9.02. The SMILES string of the molecule is COc1ccc(OC)c(C(=O)COC(=O)c2ccc(CN3C(=O)CNC3=O)cc2)c1. The third-order valence-electron chi connectivity index (χ3n) is 4.51.